The second-order valence-corrected chi connectivity index (χ2v) is 5.01. The van der Waals surface area contributed by atoms with Crippen LogP contribution in [0.4, 0.5) is 0 Å². The van der Waals surface area contributed by atoms with Crippen molar-refractivity contribution in [2.24, 2.45) is 11.7 Å². The van der Waals surface area contributed by atoms with Crippen LogP contribution in [-0.2, 0) is 4.79 Å². The van der Waals surface area contributed by atoms with Gasteiger partial charge in [-0.05, 0) is 44.7 Å². The third-order valence-electron chi connectivity index (χ3n) is 3.39. The Morgan fingerprint density at radius 2 is 2.29 bits per heavy atom. The molecular weight excluding hydrogens is 214 g/mol. The maximum atomic E-state index is 12.1. The Morgan fingerprint density at radius 3 is 2.82 bits per heavy atom. The van der Waals surface area contributed by atoms with Gasteiger partial charge in [-0.1, -0.05) is 6.07 Å². The summed E-state index contributed by atoms with van der Waals surface area (Å²) in [6.45, 7) is 3.73. The van der Waals surface area contributed by atoms with Gasteiger partial charge in [-0.15, -0.1) is 0 Å². The van der Waals surface area contributed by atoms with Crippen molar-refractivity contribution in [1.82, 2.24) is 10.3 Å². The van der Waals surface area contributed by atoms with Gasteiger partial charge in [0.1, 0.15) is 0 Å². The molecule has 1 aromatic rings. The Bertz CT molecular complexity index is 398. The minimum absolute atomic E-state index is 0.0850. The van der Waals surface area contributed by atoms with E-state index in [4.69, 9.17) is 5.73 Å². The maximum Gasteiger partial charge on any atom is 0.240 e. The molecule has 1 aliphatic carbocycles. The monoisotopic (exact) mass is 233 g/mol. The minimum atomic E-state index is -0.747. The molecule has 1 aliphatic rings. The fourth-order valence-corrected chi connectivity index (χ4v) is 1.93. The van der Waals surface area contributed by atoms with Gasteiger partial charge in [-0.2, -0.15) is 0 Å². The molecule has 4 nitrogen and oxygen atoms in total. The highest BCUT2D eigenvalue weighted by Gasteiger charge is 2.44. The molecule has 1 fully saturated rings. The number of aromatic nitrogens is 1. The van der Waals surface area contributed by atoms with Crippen molar-refractivity contribution in [2.45, 2.75) is 38.3 Å². The second kappa shape index (κ2) is 4.45. The fourth-order valence-electron chi connectivity index (χ4n) is 1.93. The molecule has 0 aromatic carbocycles. The molecule has 1 amide bonds. The number of carbonyl (C=O) groups excluding carboxylic acids is 1. The van der Waals surface area contributed by atoms with Crippen LogP contribution in [0.3, 0.4) is 0 Å². The first-order chi connectivity index (χ1) is 8.01. The average molecular weight is 233 g/mol. The van der Waals surface area contributed by atoms with Gasteiger partial charge in [0, 0.05) is 6.20 Å². The van der Waals surface area contributed by atoms with Crippen LogP contribution in [0.15, 0.2) is 24.4 Å². The highest BCUT2D eigenvalue weighted by atomic mass is 16.2. The molecule has 4 heteroatoms. The van der Waals surface area contributed by atoms with Crippen LogP contribution < -0.4 is 11.1 Å². The Labute approximate surface area is 102 Å². The zero-order valence-corrected chi connectivity index (χ0v) is 10.3. The molecular formula is C13H19N3O. The molecule has 0 spiro atoms. The SMILES string of the molecule is CC(NC(=O)C(C)(N)C1CC1)c1ccccn1. The topological polar surface area (TPSA) is 68.0 Å². The molecule has 1 saturated carbocycles. The normalized spacial score (nSPS) is 20.4. The van der Waals surface area contributed by atoms with Crippen molar-refractivity contribution in [3.05, 3.63) is 30.1 Å². The van der Waals surface area contributed by atoms with Gasteiger partial charge in [0.25, 0.3) is 0 Å². The number of nitrogens with zero attached hydrogens (tertiary/aromatic N) is 1. The molecule has 2 rings (SSSR count). The average Bonchev–Trinajstić information content (AvgIpc) is 3.14. The number of hydrogen-bond donors (Lipinski definition) is 2. The summed E-state index contributed by atoms with van der Waals surface area (Å²) >= 11 is 0. The van der Waals surface area contributed by atoms with E-state index in [0.29, 0.717) is 5.92 Å². The van der Waals surface area contributed by atoms with E-state index < -0.39 is 5.54 Å². The summed E-state index contributed by atoms with van der Waals surface area (Å²) in [7, 11) is 0. The number of nitrogens with two attached hydrogens (primary N) is 1. The van der Waals surface area contributed by atoms with Crippen molar-refractivity contribution >= 4 is 5.91 Å². The van der Waals surface area contributed by atoms with Crippen molar-refractivity contribution in [2.75, 3.05) is 0 Å². The second-order valence-electron chi connectivity index (χ2n) is 5.01. The number of hydrogen-bond acceptors (Lipinski definition) is 3. The molecule has 1 heterocycles. The number of pyridine rings is 1. The zero-order chi connectivity index (χ0) is 12.5. The first-order valence-corrected chi connectivity index (χ1v) is 6.02. The van der Waals surface area contributed by atoms with E-state index in [1.807, 2.05) is 32.0 Å². The first kappa shape index (κ1) is 12.0. The van der Waals surface area contributed by atoms with E-state index in [1.165, 1.54) is 0 Å². The van der Waals surface area contributed by atoms with E-state index in [1.54, 1.807) is 6.20 Å². The van der Waals surface area contributed by atoms with E-state index in [2.05, 4.69) is 10.3 Å². The lowest BCUT2D eigenvalue weighted by Gasteiger charge is -2.25. The lowest BCUT2D eigenvalue weighted by Crippen LogP contribution is -2.53. The quantitative estimate of drug-likeness (QED) is 0.825. The highest BCUT2D eigenvalue weighted by molar-refractivity contribution is 5.86. The van der Waals surface area contributed by atoms with Gasteiger partial charge < -0.3 is 11.1 Å². The van der Waals surface area contributed by atoms with Crippen LogP contribution >= 0.6 is 0 Å². The van der Waals surface area contributed by atoms with E-state index in [9.17, 15) is 4.79 Å². The fraction of sp³-hybridized carbons (Fsp3) is 0.538. The smallest absolute Gasteiger partial charge is 0.240 e. The Balaban J connectivity index is 1.99. The van der Waals surface area contributed by atoms with Gasteiger partial charge in [0.2, 0.25) is 5.91 Å². The van der Waals surface area contributed by atoms with Gasteiger partial charge in [-0.3, -0.25) is 9.78 Å². The van der Waals surface area contributed by atoms with E-state index in [-0.39, 0.29) is 11.9 Å². The molecule has 92 valence electrons. The van der Waals surface area contributed by atoms with Crippen LogP contribution in [0.25, 0.3) is 0 Å². The summed E-state index contributed by atoms with van der Waals surface area (Å²) in [6, 6.07) is 5.56. The van der Waals surface area contributed by atoms with Crippen LogP contribution in [0.5, 0.6) is 0 Å². The Hall–Kier alpha value is -1.42. The predicted octanol–water partition coefficient (Wildman–Crippen LogP) is 1.39. The molecule has 0 saturated heterocycles. The maximum absolute atomic E-state index is 12.1. The van der Waals surface area contributed by atoms with Crippen LogP contribution in [0, 0.1) is 5.92 Å². The largest absolute Gasteiger partial charge is 0.346 e. The molecule has 0 aliphatic heterocycles. The zero-order valence-electron chi connectivity index (χ0n) is 10.3. The number of rotatable bonds is 4. The van der Waals surface area contributed by atoms with Crippen LogP contribution in [0.2, 0.25) is 0 Å². The predicted molar refractivity (Wildman–Crippen MR) is 66.1 cm³/mol. The summed E-state index contributed by atoms with van der Waals surface area (Å²) < 4.78 is 0. The summed E-state index contributed by atoms with van der Waals surface area (Å²) in [5.74, 6) is 0.247. The van der Waals surface area contributed by atoms with Crippen molar-refractivity contribution in [1.29, 1.82) is 0 Å². The van der Waals surface area contributed by atoms with Crippen molar-refractivity contribution in [3.63, 3.8) is 0 Å². The van der Waals surface area contributed by atoms with Gasteiger partial charge >= 0.3 is 0 Å². The molecule has 0 radical (unpaired) electrons. The van der Waals surface area contributed by atoms with Crippen LogP contribution in [0.1, 0.15) is 38.4 Å². The molecule has 1 aromatic heterocycles. The molecule has 0 bridgehead atoms. The highest BCUT2D eigenvalue weighted by Crippen LogP contribution is 2.38. The molecule has 2 unspecified atom stereocenters. The van der Waals surface area contributed by atoms with Gasteiger partial charge in [0.05, 0.1) is 17.3 Å². The summed E-state index contributed by atoms with van der Waals surface area (Å²) in [5, 5.41) is 2.93. The Kier molecular flexibility index (Phi) is 3.15. The lowest BCUT2D eigenvalue weighted by atomic mass is 9.95. The standard InChI is InChI=1S/C13H19N3O/c1-9(11-5-3-4-8-15-11)16-12(17)13(2,14)10-6-7-10/h3-5,8-10H,6-7,14H2,1-2H3,(H,16,17). The summed E-state index contributed by atoms with van der Waals surface area (Å²) in [4.78, 5) is 16.3. The first-order valence-electron chi connectivity index (χ1n) is 6.02. The summed E-state index contributed by atoms with van der Waals surface area (Å²) in [5.41, 5.74) is 6.17. The van der Waals surface area contributed by atoms with Gasteiger partial charge in [0.15, 0.2) is 0 Å². The number of nitrogens with one attached hydrogen (secondary N) is 1. The number of carbonyl (C=O) groups is 1. The lowest BCUT2D eigenvalue weighted by molar-refractivity contribution is -0.127. The van der Waals surface area contributed by atoms with Crippen molar-refractivity contribution < 1.29 is 4.79 Å². The molecule has 3 N–H and O–H groups in total. The van der Waals surface area contributed by atoms with Gasteiger partial charge in [-0.25, -0.2) is 0 Å². The third-order valence-corrected chi connectivity index (χ3v) is 3.39. The van der Waals surface area contributed by atoms with E-state index in [0.717, 1.165) is 18.5 Å². The Morgan fingerprint density at radius 1 is 1.59 bits per heavy atom. The molecule has 17 heavy (non-hydrogen) atoms. The molecule has 2 atom stereocenters. The van der Waals surface area contributed by atoms with Crippen LogP contribution in [-0.4, -0.2) is 16.4 Å². The van der Waals surface area contributed by atoms with Crippen molar-refractivity contribution in [3.8, 4) is 0 Å². The number of amides is 1. The van der Waals surface area contributed by atoms with E-state index >= 15 is 0 Å². The third kappa shape index (κ3) is 2.64. The summed E-state index contributed by atoms with van der Waals surface area (Å²) in [6.07, 6.45) is 3.83. The minimum Gasteiger partial charge on any atom is -0.346 e.